The topological polar surface area (TPSA) is 13.1 Å². The van der Waals surface area contributed by atoms with Crippen LogP contribution in [0.5, 0.6) is 0 Å². The van der Waals surface area contributed by atoms with Crippen LogP contribution in [0.25, 0.3) is 33.4 Å². The summed E-state index contributed by atoms with van der Waals surface area (Å²) >= 11 is 1.76. The quantitative estimate of drug-likeness (QED) is 0.401. The maximum atomic E-state index is 6.19. The van der Waals surface area contributed by atoms with E-state index < -0.39 is 0 Å². The largest absolute Gasteiger partial charge is 0.455 e. The number of fused-ring (bicyclic) bond motifs is 1. The summed E-state index contributed by atoms with van der Waals surface area (Å²) in [6.45, 7) is 0. The van der Waals surface area contributed by atoms with Crippen LogP contribution in [-0.2, 0) is 0 Å². The number of hydrogen-bond acceptors (Lipinski definition) is 2. The summed E-state index contributed by atoms with van der Waals surface area (Å²) in [6.07, 6.45) is 2.09. The summed E-state index contributed by atoms with van der Waals surface area (Å²) in [5.41, 5.74) is 4.38. The van der Waals surface area contributed by atoms with E-state index in [1.807, 2.05) is 30.3 Å². The van der Waals surface area contributed by atoms with Crippen molar-refractivity contribution in [3.05, 3.63) is 78.9 Å². The summed E-state index contributed by atoms with van der Waals surface area (Å²) in [5, 5.41) is 1.16. The van der Waals surface area contributed by atoms with Gasteiger partial charge in [0, 0.05) is 21.4 Å². The van der Waals surface area contributed by atoms with Crippen molar-refractivity contribution < 1.29 is 4.42 Å². The van der Waals surface area contributed by atoms with Gasteiger partial charge < -0.3 is 4.42 Å². The molecule has 1 aromatic heterocycles. The molecule has 0 saturated heterocycles. The molecule has 0 radical (unpaired) electrons. The van der Waals surface area contributed by atoms with E-state index in [0.717, 1.165) is 22.3 Å². The summed E-state index contributed by atoms with van der Waals surface area (Å²) in [6, 6.07) is 27.2. The zero-order valence-electron chi connectivity index (χ0n) is 12.8. The summed E-state index contributed by atoms with van der Waals surface area (Å²) < 4.78 is 6.19. The molecule has 1 nitrogen and oxygen atoms in total. The minimum Gasteiger partial charge on any atom is -0.455 e. The lowest BCUT2D eigenvalue weighted by Crippen LogP contribution is -1.81. The summed E-state index contributed by atoms with van der Waals surface area (Å²) in [5.74, 6) is 0.934. The molecule has 1 heterocycles. The number of thioether (sulfide) groups is 1. The molecule has 112 valence electrons. The van der Waals surface area contributed by atoms with E-state index in [9.17, 15) is 0 Å². The maximum Gasteiger partial charge on any atom is 0.143 e. The van der Waals surface area contributed by atoms with Crippen molar-refractivity contribution in [1.82, 2.24) is 0 Å². The predicted molar refractivity (Wildman–Crippen MR) is 98.9 cm³/mol. The minimum atomic E-state index is 0.926. The highest BCUT2D eigenvalue weighted by molar-refractivity contribution is 7.98. The molecular formula is C21H16OS. The van der Waals surface area contributed by atoms with Crippen molar-refractivity contribution in [3.63, 3.8) is 0 Å². The lowest BCUT2D eigenvalue weighted by atomic mass is 9.99. The summed E-state index contributed by atoms with van der Waals surface area (Å²) in [7, 11) is 0. The van der Waals surface area contributed by atoms with E-state index in [2.05, 4.69) is 54.8 Å². The fourth-order valence-corrected chi connectivity index (χ4v) is 3.29. The van der Waals surface area contributed by atoms with Crippen LogP contribution in [-0.4, -0.2) is 6.26 Å². The molecule has 4 aromatic rings. The molecule has 0 fully saturated rings. The van der Waals surface area contributed by atoms with E-state index in [0.29, 0.717) is 0 Å². The van der Waals surface area contributed by atoms with E-state index in [4.69, 9.17) is 4.42 Å². The second-order valence-corrected chi connectivity index (χ2v) is 6.28. The van der Waals surface area contributed by atoms with Gasteiger partial charge in [-0.05, 0) is 30.0 Å². The highest BCUT2D eigenvalue weighted by Crippen LogP contribution is 2.40. The second-order valence-electron chi connectivity index (χ2n) is 5.40. The Bertz CT molecular complexity index is 937. The Morgan fingerprint density at radius 3 is 2.13 bits per heavy atom. The Labute approximate surface area is 140 Å². The number of hydrogen-bond donors (Lipinski definition) is 0. The zero-order valence-corrected chi connectivity index (χ0v) is 13.6. The van der Waals surface area contributed by atoms with Gasteiger partial charge in [0.25, 0.3) is 0 Å². The third-order valence-corrected chi connectivity index (χ3v) is 4.75. The van der Waals surface area contributed by atoms with Crippen LogP contribution in [0.3, 0.4) is 0 Å². The molecule has 0 N–H and O–H groups in total. The van der Waals surface area contributed by atoms with E-state index in [1.54, 1.807) is 11.8 Å². The highest BCUT2D eigenvalue weighted by atomic mass is 32.2. The van der Waals surface area contributed by atoms with Crippen LogP contribution in [0.4, 0.5) is 0 Å². The van der Waals surface area contributed by atoms with E-state index >= 15 is 0 Å². The second kappa shape index (κ2) is 5.98. The van der Waals surface area contributed by atoms with Crippen molar-refractivity contribution in [2.24, 2.45) is 0 Å². The molecule has 0 aliphatic rings. The predicted octanol–water partition coefficient (Wildman–Crippen LogP) is 6.49. The SMILES string of the molecule is CSc1ccc(-c2c(-c3ccccc3)oc3ccccc23)cc1. The molecule has 3 aromatic carbocycles. The molecule has 23 heavy (non-hydrogen) atoms. The van der Waals surface area contributed by atoms with Gasteiger partial charge in [0.05, 0.1) is 0 Å². The van der Waals surface area contributed by atoms with Gasteiger partial charge in [-0.15, -0.1) is 11.8 Å². The molecule has 2 heteroatoms. The Balaban J connectivity index is 1.99. The first-order chi connectivity index (χ1) is 11.4. The Morgan fingerprint density at radius 1 is 0.696 bits per heavy atom. The first kappa shape index (κ1) is 14.2. The first-order valence-electron chi connectivity index (χ1n) is 7.58. The maximum absolute atomic E-state index is 6.19. The van der Waals surface area contributed by atoms with Gasteiger partial charge in [0.2, 0.25) is 0 Å². The fraction of sp³-hybridized carbons (Fsp3) is 0.0476. The van der Waals surface area contributed by atoms with E-state index in [1.165, 1.54) is 16.0 Å². The molecule has 0 unspecified atom stereocenters. The van der Waals surface area contributed by atoms with Crippen molar-refractivity contribution in [2.45, 2.75) is 4.90 Å². The average molecular weight is 316 g/mol. The van der Waals surface area contributed by atoms with Crippen LogP contribution in [0.1, 0.15) is 0 Å². The molecular weight excluding hydrogens is 300 g/mol. The normalized spacial score (nSPS) is 11.0. The van der Waals surface area contributed by atoms with Crippen molar-refractivity contribution in [1.29, 1.82) is 0 Å². The minimum absolute atomic E-state index is 0.926. The molecule has 0 bridgehead atoms. The summed E-state index contributed by atoms with van der Waals surface area (Å²) in [4.78, 5) is 1.27. The van der Waals surface area contributed by atoms with Crippen LogP contribution in [0.2, 0.25) is 0 Å². The molecule has 0 spiro atoms. The van der Waals surface area contributed by atoms with Crippen molar-refractivity contribution in [2.75, 3.05) is 6.26 Å². The van der Waals surface area contributed by atoms with E-state index in [-0.39, 0.29) is 0 Å². The number of rotatable bonds is 3. The fourth-order valence-electron chi connectivity index (χ4n) is 2.88. The van der Waals surface area contributed by atoms with Gasteiger partial charge in [-0.25, -0.2) is 0 Å². The smallest absolute Gasteiger partial charge is 0.143 e. The Kier molecular flexibility index (Phi) is 3.68. The van der Waals surface area contributed by atoms with Gasteiger partial charge in [-0.3, -0.25) is 0 Å². The Hall–Kier alpha value is -2.45. The third kappa shape index (κ3) is 2.55. The zero-order chi connectivity index (χ0) is 15.6. The molecule has 0 amide bonds. The molecule has 0 atom stereocenters. The van der Waals surface area contributed by atoms with Gasteiger partial charge in [-0.2, -0.15) is 0 Å². The standard InChI is InChI=1S/C21H16OS/c1-23-17-13-11-15(12-14-17)20-18-9-5-6-10-19(18)22-21(20)16-7-3-2-4-8-16/h2-14H,1H3. The van der Waals surface area contributed by atoms with Gasteiger partial charge >= 0.3 is 0 Å². The van der Waals surface area contributed by atoms with Crippen molar-refractivity contribution >= 4 is 22.7 Å². The molecule has 0 aliphatic heterocycles. The third-order valence-electron chi connectivity index (χ3n) is 4.01. The number of furan rings is 1. The Morgan fingerprint density at radius 2 is 1.39 bits per heavy atom. The van der Waals surface area contributed by atoms with Crippen LogP contribution < -0.4 is 0 Å². The molecule has 0 saturated carbocycles. The highest BCUT2D eigenvalue weighted by Gasteiger charge is 2.17. The number of benzene rings is 3. The van der Waals surface area contributed by atoms with Gasteiger partial charge in [0.15, 0.2) is 0 Å². The van der Waals surface area contributed by atoms with Crippen molar-refractivity contribution in [3.8, 4) is 22.5 Å². The van der Waals surface area contributed by atoms with Gasteiger partial charge in [0.1, 0.15) is 11.3 Å². The molecule has 4 rings (SSSR count). The lowest BCUT2D eigenvalue weighted by Gasteiger charge is -2.05. The van der Waals surface area contributed by atoms with Crippen LogP contribution in [0, 0.1) is 0 Å². The monoisotopic (exact) mass is 316 g/mol. The first-order valence-corrected chi connectivity index (χ1v) is 8.80. The lowest BCUT2D eigenvalue weighted by molar-refractivity contribution is 0.632. The van der Waals surface area contributed by atoms with Crippen LogP contribution >= 0.6 is 11.8 Å². The van der Waals surface area contributed by atoms with Gasteiger partial charge in [-0.1, -0.05) is 60.7 Å². The molecule has 0 aliphatic carbocycles. The number of para-hydroxylation sites is 1. The average Bonchev–Trinajstić information content (AvgIpc) is 3.02. The van der Waals surface area contributed by atoms with Crippen LogP contribution in [0.15, 0.2) is 88.2 Å².